The van der Waals surface area contributed by atoms with Gasteiger partial charge in [0.25, 0.3) is 10.1 Å². The van der Waals surface area contributed by atoms with Crippen molar-refractivity contribution in [2.24, 2.45) is 0 Å². The van der Waals surface area contributed by atoms with Crippen LogP contribution in [0, 0.1) is 0 Å². The van der Waals surface area contributed by atoms with E-state index >= 15 is 0 Å². The topological polar surface area (TPSA) is 95.0 Å². The maximum Gasteiger partial charge on any atom is 0.410 e. The number of carbonyl (C=O) groups excluding carboxylic acids is 1. The SMILES string of the molecule is COc1nc(COS(C)(=O)=O)c(CCl)cc1C1CCN(C(=O)OC(C)(C)C)CC1. The van der Waals surface area contributed by atoms with Crippen molar-refractivity contribution in [3.63, 3.8) is 0 Å². The zero-order valence-electron chi connectivity index (χ0n) is 17.5. The molecule has 0 unspecified atom stereocenters. The molecule has 1 amide bonds. The summed E-state index contributed by atoms with van der Waals surface area (Å²) in [6.45, 7) is 6.47. The number of nitrogens with zero attached hydrogens (tertiary/aromatic N) is 2. The highest BCUT2D eigenvalue weighted by molar-refractivity contribution is 7.85. The molecular formula is C19H29ClN2O6S. The van der Waals surface area contributed by atoms with Gasteiger partial charge in [-0.2, -0.15) is 8.42 Å². The highest BCUT2D eigenvalue weighted by Gasteiger charge is 2.29. The first-order valence-electron chi connectivity index (χ1n) is 9.38. The molecule has 0 atom stereocenters. The number of pyridine rings is 1. The van der Waals surface area contributed by atoms with E-state index in [0.717, 1.165) is 24.7 Å². The minimum Gasteiger partial charge on any atom is -0.481 e. The molecule has 1 aromatic rings. The first kappa shape index (κ1) is 23.7. The number of likely N-dealkylation sites (tertiary alicyclic amines) is 1. The largest absolute Gasteiger partial charge is 0.481 e. The predicted molar refractivity (Wildman–Crippen MR) is 110 cm³/mol. The van der Waals surface area contributed by atoms with E-state index in [2.05, 4.69) is 4.98 Å². The first-order valence-corrected chi connectivity index (χ1v) is 11.7. The van der Waals surface area contributed by atoms with E-state index in [9.17, 15) is 13.2 Å². The standard InChI is InChI=1S/C19H29ClN2O6S/c1-19(2,3)28-18(23)22-8-6-13(7-9-22)15-10-14(11-20)16(21-17(15)26-4)12-27-29(5,24)25/h10,13H,6-9,11-12H2,1-5H3. The molecule has 0 aromatic carbocycles. The van der Waals surface area contributed by atoms with E-state index in [1.807, 2.05) is 26.8 Å². The molecular weight excluding hydrogens is 420 g/mol. The summed E-state index contributed by atoms with van der Waals surface area (Å²) in [5.74, 6) is 0.730. The Morgan fingerprint density at radius 1 is 1.31 bits per heavy atom. The summed E-state index contributed by atoms with van der Waals surface area (Å²) in [4.78, 5) is 18.4. The number of rotatable bonds is 6. The van der Waals surface area contributed by atoms with Crippen molar-refractivity contribution in [2.45, 2.75) is 57.6 Å². The van der Waals surface area contributed by atoms with Gasteiger partial charge >= 0.3 is 6.09 Å². The molecule has 8 nitrogen and oxygen atoms in total. The van der Waals surface area contributed by atoms with Crippen molar-refractivity contribution in [3.8, 4) is 5.88 Å². The normalized spacial score (nSPS) is 16.0. The van der Waals surface area contributed by atoms with Gasteiger partial charge in [0.1, 0.15) is 12.2 Å². The predicted octanol–water partition coefficient (Wildman–Crippen LogP) is 3.42. The number of halogens is 1. The van der Waals surface area contributed by atoms with E-state index < -0.39 is 15.7 Å². The van der Waals surface area contributed by atoms with Crippen LogP contribution in [-0.2, 0) is 31.5 Å². The molecule has 0 radical (unpaired) electrons. The van der Waals surface area contributed by atoms with Crippen molar-refractivity contribution in [1.29, 1.82) is 0 Å². The van der Waals surface area contributed by atoms with Crippen LogP contribution in [-0.4, -0.2) is 56.5 Å². The van der Waals surface area contributed by atoms with Crippen molar-refractivity contribution < 1.29 is 26.9 Å². The fraction of sp³-hybridized carbons (Fsp3) is 0.684. The molecule has 10 heteroatoms. The third-order valence-electron chi connectivity index (χ3n) is 4.52. The number of methoxy groups -OCH3 is 1. The molecule has 1 aliphatic heterocycles. The van der Waals surface area contributed by atoms with Crippen LogP contribution in [0.1, 0.15) is 56.4 Å². The summed E-state index contributed by atoms with van der Waals surface area (Å²) < 4.78 is 38.3. The molecule has 2 rings (SSSR count). The number of hydrogen-bond acceptors (Lipinski definition) is 7. The number of hydrogen-bond donors (Lipinski definition) is 0. The maximum atomic E-state index is 12.3. The Balaban J connectivity index is 2.15. The number of carbonyl (C=O) groups is 1. The zero-order valence-corrected chi connectivity index (χ0v) is 19.1. The zero-order chi connectivity index (χ0) is 21.8. The van der Waals surface area contributed by atoms with E-state index in [0.29, 0.717) is 30.2 Å². The lowest BCUT2D eigenvalue weighted by atomic mass is 9.89. The highest BCUT2D eigenvalue weighted by atomic mass is 35.5. The van der Waals surface area contributed by atoms with Crippen LogP contribution in [0.25, 0.3) is 0 Å². The number of alkyl halides is 1. The van der Waals surface area contributed by atoms with Gasteiger partial charge in [0.05, 0.1) is 19.1 Å². The second kappa shape index (κ2) is 9.49. The van der Waals surface area contributed by atoms with Gasteiger partial charge in [-0.25, -0.2) is 9.78 Å². The minimum atomic E-state index is -3.60. The van der Waals surface area contributed by atoms with Crippen LogP contribution in [0.3, 0.4) is 0 Å². The number of ether oxygens (including phenoxy) is 2. The molecule has 1 fully saturated rings. The highest BCUT2D eigenvalue weighted by Crippen LogP contribution is 2.35. The van der Waals surface area contributed by atoms with Gasteiger partial charge < -0.3 is 14.4 Å². The molecule has 1 saturated heterocycles. The second-order valence-electron chi connectivity index (χ2n) is 8.03. The molecule has 0 spiro atoms. The molecule has 0 saturated carbocycles. The molecule has 164 valence electrons. The summed E-state index contributed by atoms with van der Waals surface area (Å²) in [7, 11) is -2.08. The lowest BCUT2D eigenvalue weighted by molar-refractivity contribution is 0.0204. The van der Waals surface area contributed by atoms with Crippen molar-refractivity contribution in [3.05, 3.63) is 22.9 Å². The fourth-order valence-electron chi connectivity index (χ4n) is 3.15. The number of aromatic nitrogens is 1. The van der Waals surface area contributed by atoms with Gasteiger partial charge in [0.15, 0.2) is 0 Å². The molecule has 0 N–H and O–H groups in total. The monoisotopic (exact) mass is 448 g/mol. The first-order chi connectivity index (χ1) is 13.4. The van der Waals surface area contributed by atoms with Crippen molar-refractivity contribution in [2.75, 3.05) is 26.5 Å². The van der Waals surface area contributed by atoms with Crippen LogP contribution >= 0.6 is 11.6 Å². The van der Waals surface area contributed by atoms with E-state index in [4.69, 9.17) is 25.3 Å². The lowest BCUT2D eigenvalue weighted by Crippen LogP contribution is -2.41. The molecule has 0 bridgehead atoms. The third kappa shape index (κ3) is 7.01. The average Bonchev–Trinajstić information content (AvgIpc) is 2.63. The summed E-state index contributed by atoms with van der Waals surface area (Å²) in [5.41, 5.74) is 1.49. The summed E-state index contributed by atoms with van der Waals surface area (Å²) in [6, 6.07) is 1.90. The van der Waals surface area contributed by atoms with Crippen LogP contribution < -0.4 is 4.74 Å². The Kier molecular flexibility index (Phi) is 7.75. The Morgan fingerprint density at radius 3 is 2.41 bits per heavy atom. The lowest BCUT2D eigenvalue weighted by Gasteiger charge is -2.34. The Labute approximate surface area is 177 Å². The van der Waals surface area contributed by atoms with Gasteiger partial charge in [0, 0.05) is 24.5 Å². The smallest absolute Gasteiger partial charge is 0.410 e. The minimum absolute atomic E-state index is 0.142. The van der Waals surface area contributed by atoms with Gasteiger partial charge in [-0.15, -0.1) is 11.6 Å². The Hall–Kier alpha value is -1.58. The second-order valence-corrected chi connectivity index (χ2v) is 9.95. The van der Waals surface area contributed by atoms with Crippen LogP contribution in [0.4, 0.5) is 4.79 Å². The van der Waals surface area contributed by atoms with E-state index in [1.165, 1.54) is 7.11 Å². The molecule has 1 aromatic heterocycles. The van der Waals surface area contributed by atoms with Gasteiger partial charge in [-0.05, 0) is 51.2 Å². The summed E-state index contributed by atoms with van der Waals surface area (Å²) in [6.07, 6.45) is 2.14. The molecule has 2 heterocycles. The van der Waals surface area contributed by atoms with E-state index in [-0.39, 0.29) is 24.5 Å². The Bertz CT molecular complexity index is 830. The third-order valence-corrected chi connectivity index (χ3v) is 5.35. The summed E-state index contributed by atoms with van der Waals surface area (Å²) in [5, 5.41) is 0. The van der Waals surface area contributed by atoms with Crippen molar-refractivity contribution in [1.82, 2.24) is 9.88 Å². The van der Waals surface area contributed by atoms with Crippen molar-refractivity contribution >= 4 is 27.8 Å². The Morgan fingerprint density at radius 2 is 1.93 bits per heavy atom. The molecule has 1 aliphatic rings. The van der Waals surface area contributed by atoms with E-state index in [1.54, 1.807) is 4.90 Å². The fourth-order valence-corrected chi connectivity index (χ4v) is 3.71. The average molecular weight is 449 g/mol. The molecule has 0 aliphatic carbocycles. The maximum absolute atomic E-state index is 12.3. The van der Waals surface area contributed by atoms with Gasteiger partial charge in [-0.3, -0.25) is 4.18 Å². The van der Waals surface area contributed by atoms with Crippen LogP contribution in [0.5, 0.6) is 5.88 Å². The number of piperidine rings is 1. The quantitative estimate of drug-likeness (QED) is 0.486. The summed E-state index contributed by atoms with van der Waals surface area (Å²) >= 11 is 6.06. The van der Waals surface area contributed by atoms with Crippen LogP contribution in [0.2, 0.25) is 0 Å². The molecule has 29 heavy (non-hydrogen) atoms. The van der Waals surface area contributed by atoms with Gasteiger partial charge in [-0.1, -0.05) is 0 Å². The van der Waals surface area contributed by atoms with Gasteiger partial charge in [0.2, 0.25) is 5.88 Å². The van der Waals surface area contributed by atoms with Crippen LogP contribution in [0.15, 0.2) is 6.07 Å². The number of amides is 1.